The highest BCUT2D eigenvalue weighted by atomic mass is 35.5. The molecule has 0 unspecified atom stereocenters. The molecule has 0 aliphatic carbocycles. The fraction of sp³-hybridized carbons (Fsp3) is 0.107. The van der Waals surface area contributed by atoms with Gasteiger partial charge in [-0.1, -0.05) is 54.1 Å². The van der Waals surface area contributed by atoms with Crippen molar-refractivity contribution in [2.75, 3.05) is 0 Å². The first-order chi connectivity index (χ1) is 19.0. The summed E-state index contributed by atoms with van der Waals surface area (Å²) in [6.07, 6.45) is 8.03. The fourth-order valence-electron chi connectivity index (χ4n) is 4.05. The Morgan fingerprint density at radius 2 is 1.77 bits per heavy atom. The number of carbonyl (C=O) groups excluding carboxylic acids is 2. The van der Waals surface area contributed by atoms with Crippen molar-refractivity contribution in [1.29, 1.82) is 0 Å². The average molecular weight is 539 g/mol. The van der Waals surface area contributed by atoms with E-state index in [2.05, 4.69) is 30.9 Å². The van der Waals surface area contributed by atoms with Crippen LogP contribution in [-0.4, -0.2) is 52.7 Å². The van der Waals surface area contributed by atoms with E-state index in [1.54, 1.807) is 35.3 Å². The number of nitrogens with zero attached hydrogens (tertiary/aromatic N) is 7. The monoisotopic (exact) mass is 538 g/mol. The third-order valence-electron chi connectivity index (χ3n) is 5.99. The van der Waals surface area contributed by atoms with Gasteiger partial charge < -0.3 is 5.32 Å². The molecule has 0 radical (unpaired) electrons. The minimum Gasteiger partial charge on any atom is -0.342 e. The fourth-order valence-corrected chi connectivity index (χ4v) is 4.23. The third kappa shape index (κ3) is 6.68. The topological polar surface area (TPSA) is 120 Å². The average Bonchev–Trinajstić information content (AvgIpc) is 3.68. The van der Waals surface area contributed by atoms with Crippen molar-refractivity contribution in [2.45, 2.75) is 18.9 Å². The Balaban J connectivity index is 1.32. The highest BCUT2D eigenvalue weighted by molar-refractivity contribution is 6.30. The maximum Gasteiger partial charge on any atom is 0.244 e. The summed E-state index contributed by atoms with van der Waals surface area (Å²) in [5.41, 5.74) is 3.90. The van der Waals surface area contributed by atoms with Crippen molar-refractivity contribution in [1.82, 2.24) is 40.3 Å². The molecular weight excluding hydrogens is 516 g/mol. The molecule has 10 nitrogen and oxygen atoms in total. The van der Waals surface area contributed by atoms with E-state index in [1.165, 1.54) is 23.4 Å². The second kappa shape index (κ2) is 12.1. The van der Waals surface area contributed by atoms with Gasteiger partial charge in [0, 0.05) is 23.1 Å². The van der Waals surface area contributed by atoms with Crippen LogP contribution in [0.3, 0.4) is 0 Å². The summed E-state index contributed by atoms with van der Waals surface area (Å²) in [5, 5.41) is 18.7. The maximum absolute atomic E-state index is 13.4. The van der Waals surface area contributed by atoms with Gasteiger partial charge in [-0.05, 0) is 64.4 Å². The van der Waals surface area contributed by atoms with Crippen LogP contribution in [0.1, 0.15) is 16.7 Å². The van der Waals surface area contributed by atoms with Crippen molar-refractivity contribution in [3.8, 4) is 11.4 Å². The maximum atomic E-state index is 13.4. The highest BCUT2D eigenvalue weighted by Gasteiger charge is 2.21. The molecule has 0 fully saturated rings. The van der Waals surface area contributed by atoms with E-state index >= 15 is 0 Å². The zero-order valence-electron chi connectivity index (χ0n) is 20.6. The summed E-state index contributed by atoms with van der Waals surface area (Å²) in [6, 6.07) is 21.5. The van der Waals surface area contributed by atoms with E-state index in [1.807, 2.05) is 54.6 Å². The number of hydrogen-bond donors (Lipinski definition) is 1. The number of benzene rings is 3. The Morgan fingerprint density at radius 1 is 0.949 bits per heavy atom. The van der Waals surface area contributed by atoms with Crippen LogP contribution in [0, 0.1) is 0 Å². The van der Waals surface area contributed by atoms with E-state index in [0.29, 0.717) is 22.7 Å². The lowest BCUT2D eigenvalue weighted by atomic mass is 9.97. The van der Waals surface area contributed by atoms with Crippen molar-refractivity contribution in [2.24, 2.45) is 0 Å². The number of hydrogen-bond acceptors (Lipinski definition) is 7. The number of Topliss-reactive ketones (excluding diaryl/α,β-unsaturated/α-hetero) is 1. The molecule has 0 bridgehead atoms. The van der Waals surface area contributed by atoms with Crippen molar-refractivity contribution in [3.05, 3.63) is 120 Å². The molecule has 5 aromatic rings. The molecule has 1 atom stereocenters. The first-order valence-corrected chi connectivity index (χ1v) is 12.4. The summed E-state index contributed by atoms with van der Waals surface area (Å²) in [4.78, 5) is 30.3. The van der Waals surface area contributed by atoms with Crippen LogP contribution in [-0.2, 0) is 22.4 Å². The van der Waals surface area contributed by atoms with Gasteiger partial charge in [0.25, 0.3) is 0 Å². The van der Waals surface area contributed by atoms with Crippen LogP contribution in [0.5, 0.6) is 0 Å². The van der Waals surface area contributed by atoms with Gasteiger partial charge in [-0.3, -0.25) is 9.59 Å². The number of nitrogens with one attached hydrogen (secondary N) is 1. The van der Waals surface area contributed by atoms with Crippen LogP contribution in [0.25, 0.3) is 17.5 Å². The lowest BCUT2D eigenvalue weighted by molar-refractivity contribution is -0.125. The predicted octanol–water partition coefficient (Wildman–Crippen LogP) is 3.45. The number of carbonyl (C=O) groups is 2. The van der Waals surface area contributed by atoms with E-state index in [9.17, 15) is 9.59 Å². The van der Waals surface area contributed by atoms with E-state index in [0.717, 1.165) is 16.8 Å². The van der Waals surface area contributed by atoms with Gasteiger partial charge in [-0.2, -0.15) is 9.78 Å². The van der Waals surface area contributed by atoms with Crippen molar-refractivity contribution in [3.63, 3.8) is 0 Å². The minimum atomic E-state index is -0.724. The molecule has 2 aromatic heterocycles. The molecule has 1 N–H and O–H groups in total. The quantitative estimate of drug-likeness (QED) is 0.270. The van der Waals surface area contributed by atoms with Gasteiger partial charge in [0.05, 0.1) is 17.4 Å². The lowest BCUT2D eigenvalue weighted by Crippen LogP contribution is -2.42. The lowest BCUT2D eigenvalue weighted by Gasteiger charge is -2.17. The second-order valence-electron chi connectivity index (χ2n) is 8.69. The second-order valence-corrected chi connectivity index (χ2v) is 9.13. The Bertz CT molecular complexity index is 1570. The molecule has 1 amide bonds. The number of tetrazole rings is 1. The van der Waals surface area contributed by atoms with E-state index in [4.69, 9.17) is 11.6 Å². The van der Waals surface area contributed by atoms with Gasteiger partial charge in [0.15, 0.2) is 5.78 Å². The molecule has 0 saturated carbocycles. The molecule has 0 spiro atoms. The van der Waals surface area contributed by atoms with Gasteiger partial charge >= 0.3 is 0 Å². The molecule has 5 rings (SSSR count). The Hall–Kier alpha value is -4.96. The number of amides is 1. The highest BCUT2D eigenvalue weighted by Crippen LogP contribution is 2.20. The van der Waals surface area contributed by atoms with Gasteiger partial charge in [0.1, 0.15) is 19.0 Å². The summed E-state index contributed by atoms with van der Waals surface area (Å²) in [7, 11) is 0. The van der Waals surface area contributed by atoms with Crippen LogP contribution < -0.4 is 5.32 Å². The minimum absolute atomic E-state index is 0.105. The Labute approximate surface area is 229 Å². The molecule has 39 heavy (non-hydrogen) atoms. The Kier molecular flexibility index (Phi) is 7.94. The first-order valence-electron chi connectivity index (χ1n) is 12.1. The van der Waals surface area contributed by atoms with Gasteiger partial charge in [0.2, 0.25) is 5.91 Å². The number of rotatable bonds is 10. The SMILES string of the molecule is O=C(/C=C/c1cc(Cl)ccc1-n1cnnn1)N[C@@H](Cc1ccccc1)C(=O)Cc1ccc(-n2cncn2)cc1. The van der Waals surface area contributed by atoms with Crippen LogP contribution in [0.2, 0.25) is 5.02 Å². The van der Waals surface area contributed by atoms with E-state index in [-0.39, 0.29) is 12.2 Å². The zero-order chi connectivity index (χ0) is 27.0. The summed E-state index contributed by atoms with van der Waals surface area (Å²) in [6.45, 7) is 0. The van der Waals surface area contributed by atoms with Crippen LogP contribution >= 0.6 is 11.6 Å². The molecule has 2 heterocycles. The molecular formula is C28H23ClN8O2. The molecule has 0 saturated heterocycles. The Morgan fingerprint density at radius 3 is 2.49 bits per heavy atom. The predicted molar refractivity (Wildman–Crippen MR) is 145 cm³/mol. The van der Waals surface area contributed by atoms with E-state index < -0.39 is 11.9 Å². The standard InChI is InChI=1S/C28H23ClN8O2/c29-23-9-12-26(37-19-31-34-35-37)22(16-23)8-13-28(39)33-25(14-20-4-2-1-3-5-20)27(38)15-21-6-10-24(11-7-21)36-18-30-17-32-36/h1-13,16-19,25H,14-15H2,(H,33,39)/b13-8+/t25-/m0/s1. The largest absolute Gasteiger partial charge is 0.342 e. The smallest absolute Gasteiger partial charge is 0.244 e. The normalized spacial score (nSPS) is 11.9. The molecule has 0 aliphatic heterocycles. The summed E-state index contributed by atoms with van der Waals surface area (Å²) in [5.74, 6) is -0.514. The van der Waals surface area contributed by atoms with Gasteiger partial charge in [-0.25, -0.2) is 9.67 Å². The van der Waals surface area contributed by atoms with Crippen LogP contribution in [0.15, 0.2) is 97.9 Å². The number of aromatic nitrogens is 7. The summed E-state index contributed by atoms with van der Waals surface area (Å²) < 4.78 is 3.12. The molecule has 0 aliphatic rings. The van der Waals surface area contributed by atoms with Crippen LogP contribution in [0.4, 0.5) is 0 Å². The first kappa shape index (κ1) is 25.7. The summed E-state index contributed by atoms with van der Waals surface area (Å²) >= 11 is 6.18. The third-order valence-corrected chi connectivity index (χ3v) is 6.22. The number of halogens is 1. The molecule has 3 aromatic carbocycles. The van der Waals surface area contributed by atoms with Crippen molar-refractivity contribution >= 4 is 29.4 Å². The number of ketones is 1. The molecule has 11 heteroatoms. The zero-order valence-corrected chi connectivity index (χ0v) is 21.4. The molecule has 194 valence electrons. The van der Waals surface area contributed by atoms with Crippen molar-refractivity contribution < 1.29 is 9.59 Å². The van der Waals surface area contributed by atoms with Gasteiger partial charge in [-0.15, -0.1) is 5.10 Å².